The third-order valence-electron chi connectivity index (χ3n) is 3.12. The van der Waals surface area contributed by atoms with E-state index in [0.29, 0.717) is 18.8 Å². The van der Waals surface area contributed by atoms with E-state index in [-0.39, 0.29) is 11.6 Å². The number of aliphatic hydroxyl groups excluding tert-OH is 1. The molecule has 1 fully saturated rings. The van der Waals surface area contributed by atoms with Gasteiger partial charge in [0.25, 0.3) is 0 Å². The molecule has 0 radical (unpaired) electrons. The molecule has 1 aliphatic heterocycles. The highest BCUT2D eigenvalue weighted by Crippen LogP contribution is 2.33. The fourth-order valence-corrected chi connectivity index (χ4v) is 2.10. The minimum atomic E-state index is -0.695. The van der Waals surface area contributed by atoms with E-state index in [0.717, 1.165) is 12.8 Å². The number of benzene rings is 1. The number of anilines is 1. The van der Waals surface area contributed by atoms with Gasteiger partial charge in [-0.3, -0.25) is 0 Å². The highest BCUT2D eigenvalue weighted by atomic mass is 19.1. The number of hydrogen-bond donors (Lipinski definition) is 2. The molecule has 3 N–H and O–H groups in total. The molecule has 1 aromatic rings. The van der Waals surface area contributed by atoms with Gasteiger partial charge in [0.15, 0.2) is 0 Å². The molecule has 0 aliphatic carbocycles. The van der Waals surface area contributed by atoms with Gasteiger partial charge in [0.05, 0.1) is 11.8 Å². The summed E-state index contributed by atoms with van der Waals surface area (Å²) in [5.74, 6) is -0.360. The molecule has 0 spiro atoms. The first-order valence-electron chi connectivity index (χ1n) is 5.50. The number of halogens is 1. The van der Waals surface area contributed by atoms with Gasteiger partial charge in [-0.25, -0.2) is 4.39 Å². The number of hydrogen-bond acceptors (Lipinski definition) is 3. The van der Waals surface area contributed by atoms with E-state index in [4.69, 9.17) is 10.5 Å². The lowest BCUT2D eigenvalue weighted by atomic mass is 9.88. The number of aliphatic hydroxyl groups is 1. The molecule has 1 unspecified atom stereocenters. The van der Waals surface area contributed by atoms with Crippen LogP contribution in [0.4, 0.5) is 10.1 Å². The zero-order chi connectivity index (χ0) is 11.5. The van der Waals surface area contributed by atoms with Crippen LogP contribution in [0.15, 0.2) is 18.2 Å². The van der Waals surface area contributed by atoms with Crippen LogP contribution >= 0.6 is 0 Å². The van der Waals surface area contributed by atoms with Crippen LogP contribution in [-0.2, 0) is 4.74 Å². The van der Waals surface area contributed by atoms with Crippen molar-refractivity contribution in [2.45, 2.75) is 18.9 Å². The lowest BCUT2D eigenvalue weighted by Crippen LogP contribution is -2.22. The molecule has 0 saturated carbocycles. The lowest BCUT2D eigenvalue weighted by molar-refractivity contribution is 0.00738. The summed E-state index contributed by atoms with van der Waals surface area (Å²) < 4.78 is 18.5. The Labute approximate surface area is 94.0 Å². The van der Waals surface area contributed by atoms with Crippen molar-refractivity contribution in [2.24, 2.45) is 5.92 Å². The quantitative estimate of drug-likeness (QED) is 0.755. The van der Waals surface area contributed by atoms with Crippen molar-refractivity contribution in [3.05, 3.63) is 29.6 Å². The number of nitrogen functional groups attached to an aromatic ring is 1. The summed E-state index contributed by atoms with van der Waals surface area (Å²) in [5.41, 5.74) is 6.17. The Morgan fingerprint density at radius 2 is 2.06 bits per heavy atom. The van der Waals surface area contributed by atoms with E-state index in [2.05, 4.69) is 0 Å². The van der Waals surface area contributed by atoms with E-state index in [1.165, 1.54) is 6.07 Å². The fraction of sp³-hybridized carbons (Fsp3) is 0.500. The topological polar surface area (TPSA) is 55.5 Å². The van der Waals surface area contributed by atoms with E-state index < -0.39 is 11.9 Å². The highest BCUT2D eigenvalue weighted by molar-refractivity contribution is 5.49. The molecule has 0 aromatic heterocycles. The van der Waals surface area contributed by atoms with Crippen LogP contribution in [-0.4, -0.2) is 18.3 Å². The Kier molecular flexibility index (Phi) is 3.41. The summed E-state index contributed by atoms with van der Waals surface area (Å²) in [6.45, 7) is 1.30. The van der Waals surface area contributed by atoms with Crippen LogP contribution in [0, 0.1) is 11.7 Å². The first kappa shape index (κ1) is 11.4. The molecule has 1 atom stereocenters. The van der Waals surface area contributed by atoms with Gasteiger partial charge in [0.1, 0.15) is 5.82 Å². The van der Waals surface area contributed by atoms with Crippen LogP contribution in [0.5, 0.6) is 0 Å². The summed E-state index contributed by atoms with van der Waals surface area (Å²) >= 11 is 0. The molecule has 2 rings (SSSR count). The normalized spacial score (nSPS) is 19.6. The molecule has 0 amide bonds. The van der Waals surface area contributed by atoms with Crippen LogP contribution in [0.1, 0.15) is 24.5 Å². The Morgan fingerprint density at radius 1 is 1.38 bits per heavy atom. The van der Waals surface area contributed by atoms with Crippen LogP contribution < -0.4 is 5.73 Å². The molecular formula is C12H16FNO2. The van der Waals surface area contributed by atoms with Gasteiger partial charge in [-0.2, -0.15) is 0 Å². The zero-order valence-corrected chi connectivity index (χ0v) is 9.03. The maximum absolute atomic E-state index is 13.2. The number of rotatable bonds is 2. The Hall–Kier alpha value is -1.13. The van der Waals surface area contributed by atoms with Gasteiger partial charge < -0.3 is 15.6 Å². The van der Waals surface area contributed by atoms with Crippen molar-refractivity contribution in [1.29, 1.82) is 0 Å². The standard InChI is InChI=1S/C12H16FNO2/c13-10-3-1-2-9(11(10)14)12(15)8-4-6-16-7-5-8/h1-3,8,12,15H,4-7,14H2. The third kappa shape index (κ3) is 2.18. The van der Waals surface area contributed by atoms with E-state index in [1.54, 1.807) is 12.1 Å². The Balaban J connectivity index is 2.19. The van der Waals surface area contributed by atoms with Crippen molar-refractivity contribution >= 4 is 5.69 Å². The second kappa shape index (κ2) is 4.80. The van der Waals surface area contributed by atoms with Crippen molar-refractivity contribution in [3.8, 4) is 0 Å². The maximum Gasteiger partial charge on any atom is 0.146 e. The first-order valence-corrected chi connectivity index (χ1v) is 5.50. The summed E-state index contributed by atoms with van der Waals surface area (Å²) in [5, 5.41) is 10.1. The van der Waals surface area contributed by atoms with Gasteiger partial charge in [-0.15, -0.1) is 0 Å². The molecule has 1 saturated heterocycles. The largest absolute Gasteiger partial charge is 0.396 e. The fourth-order valence-electron chi connectivity index (χ4n) is 2.10. The summed E-state index contributed by atoms with van der Waals surface area (Å²) in [6, 6.07) is 4.55. The molecular weight excluding hydrogens is 209 g/mol. The smallest absolute Gasteiger partial charge is 0.146 e. The van der Waals surface area contributed by atoms with Crippen molar-refractivity contribution in [2.75, 3.05) is 18.9 Å². The van der Waals surface area contributed by atoms with E-state index in [1.807, 2.05) is 0 Å². The van der Waals surface area contributed by atoms with Crippen LogP contribution in [0.2, 0.25) is 0 Å². The average Bonchev–Trinajstić information content (AvgIpc) is 2.33. The molecule has 3 nitrogen and oxygen atoms in total. The van der Waals surface area contributed by atoms with Gasteiger partial charge in [0.2, 0.25) is 0 Å². The second-order valence-corrected chi connectivity index (χ2v) is 4.14. The Morgan fingerprint density at radius 3 is 2.75 bits per heavy atom. The summed E-state index contributed by atoms with van der Waals surface area (Å²) in [4.78, 5) is 0. The highest BCUT2D eigenvalue weighted by Gasteiger charge is 2.25. The van der Waals surface area contributed by atoms with Crippen molar-refractivity contribution in [1.82, 2.24) is 0 Å². The minimum Gasteiger partial charge on any atom is -0.396 e. The monoisotopic (exact) mass is 225 g/mol. The first-order chi connectivity index (χ1) is 7.70. The Bertz CT molecular complexity index is 364. The van der Waals surface area contributed by atoms with Gasteiger partial charge in [-0.05, 0) is 24.8 Å². The van der Waals surface area contributed by atoms with E-state index >= 15 is 0 Å². The van der Waals surface area contributed by atoms with Crippen LogP contribution in [0.25, 0.3) is 0 Å². The lowest BCUT2D eigenvalue weighted by Gasteiger charge is -2.27. The second-order valence-electron chi connectivity index (χ2n) is 4.14. The van der Waals surface area contributed by atoms with E-state index in [9.17, 15) is 9.50 Å². The third-order valence-corrected chi connectivity index (χ3v) is 3.12. The number of para-hydroxylation sites is 1. The molecule has 4 heteroatoms. The molecule has 88 valence electrons. The molecule has 1 heterocycles. The zero-order valence-electron chi connectivity index (χ0n) is 9.03. The predicted molar refractivity (Wildman–Crippen MR) is 59.3 cm³/mol. The summed E-state index contributed by atoms with van der Waals surface area (Å²) in [7, 11) is 0. The maximum atomic E-state index is 13.2. The number of ether oxygens (including phenoxy) is 1. The van der Waals surface area contributed by atoms with Gasteiger partial charge in [-0.1, -0.05) is 12.1 Å². The molecule has 0 bridgehead atoms. The molecule has 1 aromatic carbocycles. The predicted octanol–water partition coefficient (Wildman–Crippen LogP) is 1.87. The van der Waals surface area contributed by atoms with Gasteiger partial charge >= 0.3 is 0 Å². The van der Waals surface area contributed by atoms with Crippen LogP contribution in [0.3, 0.4) is 0 Å². The van der Waals surface area contributed by atoms with Gasteiger partial charge in [0, 0.05) is 18.8 Å². The SMILES string of the molecule is Nc1c(F)cccc1C(O)C1CCOCC1. The number of nitrogens with two attached hydrogens (primary N) is 1. The summed E-state index contributed by atoms with van der Waals surface area (Å²) in [6.07, 6.45) is 0.883. The minimum absolute atomic E-state index is 0.0569. The average molecular weight is 225 g/mol. The molecule has 16 heavy (non-hydrogen) atoms. The molecule has 1 aliphatic rings. The van der Waals surface area contributed by atoms with Crippen molar-refractivity contribution < 1.29 is 14.2 Å². The van der Waals surface area contributed by atoms with Crippen molar-refractivity contribution in [3.63, 3.8) is 0 Å².